The van der Waals surface area contributed by atoms with Crippen molar-refractivity contribution < 1.29 is 4.79 Å². The van der Waals surface area contributed by atoms with Crippen LogP contribution >= 0.6 is 0 Å². The largest absolute Gasteiger partial charge is 0.340 e. The van der Waals surface area contributed by atoms with E-state index in [9.17, 15) is 4.79 Å². The van der Waals surface area contributed by atoms with Gasteiger partial charge in [-0.2, -0.15) is 0 Å². The summed E-state index contributed by atoms with van der Waals surface area (Å²) in [6, 6.07) is 0.814. The summed E-state index contributed by atoms with van der Waals surface area (Å²) >= 11 is 0. The van der Waals surface area contributed by atoms with E-state index in [1.54, 1.807) is 0 Å². The highest BCUT2D eigenvalue weighted by Gasteiger charge is 2.35. The lowest BCUT2D eigenvalue weighted by atomic mass is 9.69. The van der Waals surface area contributed by atoms with Crippen LogP contribution in [-0.4, -0.2) is 47.9 Å². The van der Waals surface area contributed by atoms with E-state index in [1.165, 1.54) is 38.5 Å². The van der Waals surface area contributed by atoms with E-state index in [0.717, 1.165) is 51.0 Å². The molecular weight excluding hydrogens is 284 g/mol. The number of carbonyl (C=O) groups is 1. The summed E-state index contributed by atoms with van der Waals surface area (Å²) in [7, 11) is 0. The van der Waals surface area contributed by atoms with Crippen LogP contribution in [0.1, 0.15) is 72.1 Å². The Morgan fingerprint density at radius 1 is 0.826 bits per heavy atom. The highest BCUT2D eigenvalue weighted by atomic mass is 16.2. The quantitative estimate of drug-likeness (QED) is 0.770. The second kappa shape index (κ2) is 7.13. The van der Waals surface area contributed by atoms with Crippen LogP contribution in [-0.2, 0) is 4.79 Å². The van der Waals surface area contributed by atoms with E-state index < -0.39 is 0 Å². The monoisotopic (exact) mass is 320 g/mol. The van der Waals surface area contributed by atoms with E-state index in [1.807, 2.05) is 0 Å². The van der Waals surface area contributed by atoms with Gasteiger partial charge in [-0.25, -0.2) is 0 Å². The van der Waals surface area contributed by atoms with Crippen LogP contribution < -0.4 is 0 Å². The standard InChI is InChI=1S/C20H36N2O/c1-20(2,3)17-10-8-16(9-11-17)19(23)22-14-12-21(13-15-22)18-6-4-5-7-18/h16-18H,4-15H2,1-3H3. The predicted molar refractivity (Wildman–Crippen MR) is 95.3 cm³/mol. The molecule has 0 N–H and O–H groups in total. The Labute approximate surface area is 142 Å². The fourth-order valence-corrected chi connectivity index (χ4v) is 5.04. The van der Waals surface area contributed by atoms with Gasteiger partial charge in [0.2, 0.25) is 5.91 Å². The van der Waals surface area contributed by atoms with Crippen LogP contribution in [0.25, 0.3) is 0 Å². The van der Waals surface area contributed by atoms with Crippen LogP contribution in [0.2, 0.25) is 0 Å². The second-order valence-corrected chi connectivity index (χ2v) is 9.21. The predicted octanol–water partition coefficient (Wildman–Crippen LogP) is 3.93. The van der Waals surface area contributed by atoms with Gasteiger partial charge in [-0.05, 0) is 49.9 Å². The van der Waals surface area contributed by atoms with Crippen molar-refractivity contribution in [2.45, 2.75) is 78.2 Å². The normalized spacial score (nSPS) is 31.5. The van der Waals surface area contributed by atoms with Crippen LogP contribution in [0.5, 0.6) is 0 Å². The fourth-order valence-electron chi connectivity index (χ4n) is 5.04. The van der Waals surface area contributed by atoms with Gasteiger partial charge in [0, 0.05) is 38.1 Å². The van der Waals surface area contributed by atoms with E-state index in [2.05, 4.69) is 30.6 Å². The summed E-state index contributed by atoms with van der Waals surface area (Å²) in [6.07, 6.45) is 10.3. The highest BCUT2D eigenvalue weighted by Crippen LogP contribution is 2.40. The Balaban J connectivity index is 1.45. The van der Waals surface area contributed by atoms with Crippen molar-refractivity contribution in [1.29, 1.82) is 0 Å². The number of piperazine rings is 1. The Morgan fingerprint density at radius 2 is 1.39 bits per heavy atom. The Morgan fingerprint density at radius 3 is 1.91 bits per heavy atom. The van der Waals surface area contributed by atoms with Crippen LogP contribution in [0.15, 0.2) is 0 Å². The molecule has 2 aliphatic carbocycles. The molecule has 0 radical (unpaired) electrons. The molecule has 1 aliphatic heterocycles. The molecule has 0 spiro atoms. The fraction of sp³-hybridized carbons (Fsp3) is 0.950. The van der Waals surface area contributed by atoms with E-state index in [4.69, 9.17) is 0 Å². The molecule has 0 aromatic rings. The number of carbonyl (C=O) groups excluding carboxylic acids is 1. The maximum Gasteiger partial charge on any atom is 0.225 e. The summed E-state index contributed by atoms with van der Waals surface area (Å²) in [5, 5.41) is 0. The average Bonchev–Trinajstić information content (AvgIpc) is 3.08. The summed E-state index contributed by atoms with van der Waals surface area (Å²) < 4.78 is 0. The number of hydrogen-bond donors (Lipinski definition) is 0. The van der Waals surface area contributed by atoms with Gasteiger partial charge in [-0.15, -0.1) is 0 Å². The molecule has 0 bridgehead atoms. The van der Waals surface area contributed by atoms with Gasteiger partial charge in [0.1, 0.15) is 0 Å². The molecule has 1 amide bonds. The van der Waals surface area contributed by atoms with Gasteiger partial charge in [-0.3, -0.25) is 9.69 Å². The van der Waals surface area contributed by atoms with Gasteiger partial charge < -0.3 is 4.90 Å². The molecule has 0 aromatic heterocycles. The maximum atomic E-state index is 12.8. The first kappa shape index (κ1) is 17.3. The zero-order valence-electron chi connectivity index (χ0n) is 15.5. The third-order valence-corrected chi connectivity index (χ3v) is 6.77. The molecule has 1 heterocycles. The second-order valence-electron chi connectivity index (χ2n) is 9.21. The first-order chi connectivity index (χ1) is 10.9. The molecule has 3 heteroatoms. The third kappa shape index (κ3) is 4.10. The summed E-state index contributed by atoms with van der Waals surface area (Å²) in [6.45, 7) is 11.2. The van der Waals surface area contributed by atoms with Crippen molar-refractivity contribution >= 4 is 5.91 Å². The zero-order valence-corrected chi connectivity index (χ0v) is 15.5. The SMILES string of the molecule is CC(C)(C)C1CCC(C(=O)N2CCN(C3CCCC3)CC2)CC1. The molecule has 0 unspecified atom stereocenters. The van der Waals surface area contributed by atoms with Crippen LogP contribution in [0, 0.1) is 17.3 Å². The summed E-state index contributed by atoms with van der Waals surface area (Å²) in [5.74, 6) is 1.57. The lowest BCUT2D eigenvalue weighted by Crippen LogP contribution is -2.53. The number of amides is 1. The highest BCUT2D eigenvalue weighted by molar-refractivity contribution is 5.79. The number of hydrogen-bond acceptors (Lipinski definition) is 2. The molecule has 132 valence electrons. The van der Waals surface area contributed by atoms with Gasteiger partial charge in [0.05, 0.1) is 0 Å². The molecule has 3 rings (SSSR count). The van der Waals surface area contributed by atoms with Gasteiger partial charge >= 0.3 is 0 Å². The minimum absolute atomic E-state index is 0.312. The average molecular weight is 321 g/mol. The van der Waals surface area contributed by atoms with Crippen molar-refractivity contribution in [2.75, 3.05) is 26.2 Å². The van der Waals surface area contributed by atoms with Gasteiger partial charge in [0.15, 0.2) is 0 Å². The topological polar surface area (TPSA) is 23.6 Å². The first-order valence-electron chi connectivity index (χ1n) is 9.98. The van der Waals surface area contributed by atoms with E-state index in [-0.39, 0.29) is 0 Å². The Hall–Kier alpha value is -0.570. The molecular formula is C20H36N2O. The van der Waals surface area contributed by atoms with Crippen molar-refractivity contribution in [3.63, 3.8) is 0 Å². The smallest absolute Gasteiger partial charge is 0.225 e. The van der Waals surface area contributed by atoms with E-state index >= 15 is 0 Å². The van der Waals surface area contributed by atoms with Crippen molar-refractivity contribution in [3.8, 4) is 0 Å². The van der Waals surface area contributed by atoms with Gasteiger partial charge in [0.25, 0.3) is 0 Å². The molecule has 3 fully saturated rings. The third-order valence-electron chi connectivity index (χ3n) is 6.77. The molecule has 2 saturated carbocycles. The Bertz CT molecular complexity index is 392. The van der Waals surface area contributed by atoms with Crippen molar-refractivity contribution in [1.82, 2.24) is 9.80 Å². The minimum atomic E-state index is 0.312. The minimum Gasteiger partial charge on any atom is -0.340 e. The molecule has 0 atom stereocenters. The van der Waals surface area contributed by atoms with Crippen molar-refractivity contribution in [3.05, 3.63) is 0 Å². The molecule has 23 heavy (non-hydrogen) atoms. The first-order valence-corrected chi connectivity index (χ1v) is 9.98. The lowest BCUT2D eigenvalue weighted by Gasteiger charge is -2.41. The van der Waals surface area contributed by atoms with E-state index in [0.29, 0.717) is 17.2 Å². The molecule has 3 nitrogen and oxygen atoms in total. The molecule has 0 aromatic carbocycles. The maximum absolute atomic E-state index is 12.8. The van der Waals surface area contributed by atoms with Gasteiger partial charge in [-0.1, -0.05) is 33.6 Å². The number of nitrogens with zero attached hydrogens (tertiary/aromatic N) is 2. The summed E-state index contributed by atoms with van der Waals surface area (Å²) in [4.78, 5) is 17.7. The summed E-state index contributed by atoms with van der Waals surface area (Å²) in [5.41, 5.74) is 0.404. The molecule has 3 aliphatic rings. The molecule has 1 saturated heterocycles. The number of rotatable bonds is 2. The van der Waals surface area contributed by atoms with Crippen molar-refractivity contribution in [2.24, 2.45) is 17.3 Å². The van der Waals surface area contributed by atoms with Crippen LogP contribution in [0.3, 0.4) is 0 Å². The zero-order chi connectivity index (χ0) is 16.4. The van der Waals surface area contributed by atoms with Crippen LogP contribution in [0.4, 0.5) is 0 Å². The Kier molecular flexibility index (Phi) is 5.35. The lowest BCUT2D eigenvalue weighted by molar-refractivity contribution is -0.139.